The zero-order chi connectivity index (χ0) is 7.23. The summed E-state index contributed by atoms with van der Waals surface area (Å²) in [5.41, 5.74) is 0. The van der Waals surface area contributed by atoms with E-state index in [1.807, 2.05) is 5.38 Å². The third kappa shape index (κ3) is 2.42. The van der Waals surface area contributed by atoms with Gasteiger partial charge in [0.15, 0.2) is 5.01 Å². The van der Waals surface area contributed by atoms with Crippen LogP contribution in [0.1, 0.15) is 11.4 Å². The first-order valence-corrected chi connectivity index (χ1v) is 4.44. The normalized spacial score (nSPS) is 8.50. The summed E-state index contributed by atoms with van der Waals surface area (Å²) in [6.07, 6.45) is 2.60. The lowest BCUT2D eigenvalue weighted by molar-refractivity contribution is 1.30. The molecule has 0 spiro atoms. The van der Waals surface area contributed by atoms with Crippen molar-refractivity contribution in [2.24, 2.45) is 0 Å². The summed E-state index contributed by atoms with van der Waals surface area (Å²) in [6, 6.07) is 0. The van der Waals surface area contributed by atoms with Gasteiger partial charge >= 0.3 is 0 Å². The van der Waals surface area contributed by atoms with Crippen molar-refractivity contribution in [3.63, 3.8) is 0 Å². The maximum Gasteiger partial charge on any atom is 0.166 e. The number of hydrogen-bond donors (Lipinski definition) is 1. The molecule has 0 saturated heterocycles. The van der Waals surface area contributed by atoms with Crippen molar-refractivity contribution < 1.29 is 0 Å². The summed E-state index contributed by atoms with van der Waals surface area (Å²) in [4.78, 5) is 4.01. The molecule has 0 amide bonds. The fraction of sp³-hybridized carbons (Fsp3) is 0.286. The first kappa shape index (κ1) is 7.64. The predicted molar refractivity (Wildman–Crippen MR) is 47.5 cm³/mol. The molecule has 0 aliphatic rings. The molecular weight excluding hydrogens is 162 g/mol. The molecule has 1 aromatic heterocycles. The SMILES string of the molecule is SCCC#Cc1nccs1. The molecule has 0 aliphatic heterocycles. The smallest absolute Gasteiger partial charge is 0.166 e. The second kappa shape index (κ2) is 4.37. The number of hydrogen-bond acceptors (Lipinski definition) is 3. The molecule has 0 bridgehead atoms. The van der Waals surface area contributed by atoms with Gasteiger partial charge in [-0.2, -0.15) is 12.6 Å². The average molecular weight is 169 g/mol. The number of aromatic nitrogens is 1. The summed E-state index contributed by atoms with van der Waals surface area (Å²) in [5, 5.41) is 2.81. The molecule has 1 rings (SSSR count). The van der Waals surface area contributed by atoms with Crippen molar-refractivity contribution in [1.29, 1.82) is 0 Å². The van der Waals surface area contributed by atoms with Crippen LogP contribution in [-0.2, 0) is 0 Å². The highest BCUT2D eigenvalue weighted by atomic mass is 32.1. The van der Waals surface area contributed by atoms with Gasteiger partial charge in [0.25, 0.3) is 0 Å². The lowest BCUT2D eigenvalue weighted by Gasteiger charge is -1.76. The van der Waals surface area contributed by atoms with Crippen LogP contribution in [0, 0.1) is 11.8 Å². The lowest BCUT2D eigenvalue weighted by Crippen LogP contribution is -1.69. The molecule has 1 aromatic rings. The number of rotatable bonds is 1. The van der Waals surface area contributed by atoms with Crippen LogP contribution < -0.4 is 0 Å². The Morgan fingerprint density at radius 3 is 3.20 bits per heavy atom. The van der Waals surface area contributed by atoms with E-state index in [0.29, 0.717) is 0 Å². The standard InChI is InChI=1S/C7H7NS2/c9-5-2-1-3-7-8-4-6-10-7/h4,6,9H,2,5H2. The highest BCUT2D eigenvalue weighted by molar-refractivity contribution is 7.80. The summed E-state index contributed by atoms with van der Waals surface area (Å²) in [7, 11) is 0. The van der Waals surface area contributed by atoms with Crippen LogP contribution >= 0.6 is 24.0 Å². The van der Waals surface area contributed by atoms with Crippen LogP contribution in [0.5, 0.6) is 0 Å². The molecule has 0 saturated carbocycles. The molecule has 10 heavy (non-hydrogen) atoms. The molecule has 0 radical (unpaired) electrons. The molecule has 0 atom stereocenters. The molecular formula is C7H7NS2. The Bertz CT molecular complexity index is 230. The Hall–Kier alpha value is -0.460. The Labute approximate surface area is 69.9 Å². The molecule has 3 heteroatoms. The Kier molecular flexibility index (Phi) is 3.34. The molecule has 52 valence electrons. The van der Waals surface area contributed by atoms with Crippen molar-refractivity contribution in [2.75, 3.05) is 5.75 Å². The predicted octanol–water partition coefficient (Wildman–Crippen LogP) is 1.81. The molecule has 0 N–H and O–H groups in total. The van der Waals surface area contributed by atoms with Gasteiger partial charge in [-0.05, 0) is 5.92 Å². The van der Waals surface area contributed by atoms with E-state index in [0.717, 1.165) is 17.2 Å². The van der Waals surface area contributed by atoms with Gasteiger partial charge in [0, 0.05) is 23.8 Å². The number of nitrogens with zero attached hydrogens (tertiary/aromatic N) is 1. The molecule has 0 aromatic carbocycles. The molecule has 1 nitrogen and oxygen atoms in total. The van der Waals surface area contributed by atoms with Gasteiger partial charge in [0.1, 0.15) is 0 Å². The molecule has 1 heterocycles. The van der Waals surface area contributed by atoms with E-state index < -0.39 is 0 Å². The Morgan fingerprint density at radius 1 is 1.70 bits per heavy atom. The van der Waals surface area contributed by atoms with E-state index in [1.54, 1.807) is 17.5 Å². The van der Waals surface area contributed by atoms with Gasteiger partial charge in [-0.25, -0.2) is 4.98 Å². The van der Waals surface area contributed by atoms with E-state index in [2.05, 4.69) is 29.5 Å². The van der Waals surface area contributed by atoms with E-state index in [1.165, 1.54) is 0 Å². The third-order valence-corrected chi connectivity index (χ3v) is 1.78. The first-order valence-electron chi connectivity index (χ1n) is 2.92. The first-order chi connectivity index (χ1) is 4.93. The average Bonchev–Trinajstić information content (AvgIpc) is 2.41. The van der Waals surface area contributed by atoms with Gasteiger partial charge in [-0.3, -0.25) is 0 Å². The summed E-state index contributed by atoms with van der Waals surface area (Å²) in [5.74, 6) is 6.71. The van der Waals surface area contributed by atoms with Gasteiger partial charge in [-0.1, -0.05) is 5.92 Å². The minimum absolute atomic E-state index is 0.818. The quantitative estimate of drug-likeness (QED) is 0.500. The van der Waals surface area contributed by atoms with Crippen molar-refractivity contribution in [3.05, 3.63) is 16.6 Å². The minimum atomic E-state index is 0.818. The highest BCUT2D eigenvalue weighted by Gasteiger charge is 1.83. The largest absolute Gasteiger partial charge is 0.236 e. The van der Waals surface area contributed by atoms with Crippen LogP contribution in [-0.4, -0.2) is 10.7 Å². The molecule has 0 aliphatic carbocycles. The topological polar surface area (TPSA) is 12.9 Å². The number of thiazole rings is 1. The minimum Gasteiger partial charge on any atom is -0.236 e. The van der Waals surface area contributed by atoms with Gasteiger partial charge in [0.2, 0.25) is 0 Å². The van der Waals surface area contributed by atoms with Crippen LogP contribution in [0.4, 0.5) is 0 Å². The lowest BCUT2D eigenvalue weighted by atomic mass is 10.5. The molecule has 0 unspecified atom stereocenters. The van der Waals surface area contributed by atoms with Crippen molar-refractivity contribution in [2.45, 2.75) is 6.42 Å². The maximum atomic E-state index is 4.03. The van der Waals surface area contributed by atoms with Gasteiger partial charge in [-0.15, -0.1) is 11.3 Å². The Balaban J connectivity index is 2.49. The number of thiol groups is 1. The van der Waals surface area contributed by atoms with Crippen LogP contribution in [0.2, 0.25) is 0 Å². The fourth-order valence-electron chi connectivity index (χ4n) is 0.479. The maximum absolute atomic E-state index is 4.03. The van der Waals surface area contributed by atoms with E-state index in [4.69, 9.17) is 0 Å². The summed E-state index contributed by atoms with van der Waals surface area (Å²) < 4.78 is 0. The van der Waals surface area contributed by atoms with E-state index >= 15 is 0 Å². The van der Waals surface area contributed by atoms with Crippen LogP contribution in [0.3, 0.4) is 0 Å². The third-order valence-electron chi connectivity index (χ3n) is 0.864. The highest BCUT2D eigenvalue weighted by Crippen LogP contribution is 2.00. The van der Waals surface area contributed by atoms with E-state index in [-0.39, 0.29) is 0 Å². The van der Waals surface area contributed by atoms with Crippen molar-refractivity contribution in [3.8, 4) is 11.8 Å². The van der Waals surface area contributed by atoms with Crippen LogP contribution in [0.15, 0.2) is 11.6 Å². The van der Waals surface area contributed by atoms with Gasteiger partial charge in [0.05, 0.1) is 0 Å². The zero-order valence-corrected chi connectivity index (χ0v) is 7.08. The van der Waals surface area contributed by atoms with Crippen LogP contribution in [0.25, 0.3) is 0 Å². The van der Waals surface area contributed by atoms with Gasteiger partial charge < -0.3 is 0 Å². The fourth-order valence-corrected chi connectivity index (χ4v) is 1.09. The second-order valence-electron chi connectivity index (χ2n) is 1.61. The zero-order valence-electron chi connectivity index (χ0n) is 5.37. The van der Waals surface area contributed by atoms with E-state index in [9.17, 15) is 0 Å². The molecule has 0 fully saturated rings. The van der Waals surface area contributed by atoms with Crippen molar-refractivity contribution in [1.82, 2.24) is 4.98 Å². The second-order valence-corrected chi connectivity index (χ2v) is 2.95. The van der Waals surface area contributed by atoms with Crippen molar-refractivity contribution >= 4 is 24.0 Å². The summed E-state index contributed by atoms with van der Waals surface area (Å²) in [6.45, 7) is 0. The summed E-state index contributed by atoms with van der Waals surface area (Å²) >= 11 is 5.60. The monoisotopic (exact) mass is 169 g/mol. The Morgan fingerprint density at radius 2 is 2.60 bits per heavy atom.